The Balaban J connectivity index is 3.80. The van der Waals surface area contributed by atoms with E-state index in [1.165, 1.54) is 0 Å². The molecule has 1 unspecified atom stereocenters. The van der Waals surface area contributed by atoms with Gasteiger partial charge >= 0.3 is 0 Å². The third-order valence-corrected chi connectivity index (χ3v) is 1.43. The first kappa shape index (κ1) is 7.37. The van der Waals surface area contributed by atoms with Crippen LogP contribution in [-0.4, -0.2) is 5.37 Å². The van der Waals surface area contributed by atoms with E-state index < -0.39 is 13.0 Å². The fourth-order valence-corrected chi connectivity index (χ4v) is 0. The van der Waals surface area contributed by atoms with Gasteiger partial charge in [-0.3, -0.25) is 0 Å². The van der Waals surface area contributed by atoms with Crippen LogP contribution in [0.3, 0.4) is 0 Å². The minimum atomic E-state index is -5.14. The molecule has 0 radical (unpaired) electrons. The van der Waals surface area contributed by atoms with Crippen molar-refractivity contribution in [2.45, 2.75) is 5.37 Å². The molecule has 0 N–H and O–H groups in total. The van der Waals surface area contributed by atoms with Gasteiger partial charge in [-0.05, 0) is 7.60 Å². The fourth-order valence-electron chi connectivity index (χ4n) is 0. The van der Waals surface area contributed by atoms with Gasteiger partial charge in [0.15, 0.2) is 5.37 Å². The summed E-state index contributed by atoms with van der Waals surface area (Å²) in [7, 11) is -5.14. The number of halogens is 2. The van der Waals surface area contributed by atoms with E-state index in [4.69, 9.17) is 0 Å². The van der Waals surface area contributed by atoms with Crippen LogP contribution in [0, 0.1) is 0 Å². The topological polar surface area (TPSA) is 63.2 Å². The van der Waals surface area contributed by atoms with Crippen molar-refractivity contribution in [2.75, 3.05) is 0 Å². The largest absolute Gasteiger partial charge is 0.808 e. The maximum Gasteiger partial charge on any atom is 0.198 e. The van der Waals surface area contributed by atoms with Crippen LogP contribution in [-0.2, 0) is 4.57 Å². The number of alkyl halides is 2. The molecular weight excluding hydrogens is 145 g/mol. The second kappa shape index (κ2) is 2.09. The van der Waals surface area contributed by atoms with Gasteiger partial charge in [0.05, 0.1) is 0 Å². The lowest BCUT2D eigenvalue weighted by atomic mass is 11.8. The van der Waals surface area contributed by atoms with Crippen molar-refractivity contribution in [1.82, 2.24) is 0 Å². The lowest BCUT2D eigenvalue weighted by Gasteiger charge is -2.28. The Morgan fingerprint density at radius 1 is 1.71 bits per heavy atom. The number of hydrogen-bond donors (Lipinski definition) is 0. The lowest BCUT2D eigenvalue weighted by molar-refractivity contribution is -0.317. The van der Waals surface area contributed by atoms with E-state index in [0.29, 0.717) is 0 Å². The molecule has 7 heavy (non-hydrogen) atoms. The van der Waals surface area contributed by atoms with Gasteiger partial charge in [-0.2, -0.15) is 0 Å². The Kier molecular flexibility index (Phi) is 2.20. The van der Waals surface area contributed by atoms with E-state index in [1.54, 1.807) is 0 Å². The van der Waals surface area contributed by atoms with Gasteiger partial charge < -0.3 is 14.4 Å². The highest BCUT2D eigenvalue weighted by Crippen LogP contribution is 2.34. The Morgan fingerprint density at radius 3 is 1.86 bits per heavy atom. The van der Waals surface area contributed by atoms with Crippen LogP contribution >= 0.6 is 19.2 Å². The zero-order valence-electron chi connectivity index (χ0n) is 3.01. The zero-order valence-corrected chi connectivity index (χ0v) is 4.66. The third kappa shape index (κ3) is 3.00. The highest BCUT2D eigenvalue weighted by atomic mass is 35.5. The molecule has 0 aliphatic carbocycles. The average molecular weight is 146 g/mol. The molecule has 0 saturated carbocycles. The normalized spacial score (nSPS) is 16.6. The first-order valence-electron chi connectivity index (χ1n) is 1.24. The van der Waals surface area contributed by atoms with Gasteiger partial charge in [0.25, 0.3) is 0 Å². The molecule has 0 aliphatic rings. The van der Waals surface area contributed by atoms with Crippen LogP contribution in [0.1, 0.15) is 0 Å². The molecule has 0 rings (SSSR count). The maximum absolute atomic E-state index is 11.1. The Labute approximate surface area is 44.3 Å². The number of hydrogen-bond acceptors (Lipinski definition) is 3. The maximum atomic E-state index is 11.1. The minimum Gasteiger partial charge on any atom is -0.808 e. The van der Waals surface area contributed by atoms with Crippen molar-refractivity contribution < 1.29 is 18.7 Å². The molecule has 0 bridgehead atoms. The molecule has 0 aromatic carbocycles. The summed E-state index contributed by atoms with van der Waals surface area (Å²) in [5.74, 6) is 0. The van der Waals surface area contributed by atoms with Gasteiger partial charge in [-0.15, -0.1) is 0 Å². The SMILES string of the molecule is O=P([O-])([O-])C(F)Cl. The molecule has 3 nitrogen and oxygen atoms in total. The van der Waals surface area contributed by atoms with Crippen LogP contribution < -0.4 is 9.79 Å². The molecule has 1 atom stereocenters. The fraction of sp³-hybridized carbons (Fsp3) is 1.00. The lowest BCUT2D eigenvalue weighted by Crippen LogP contribution is -2.18. The van der Waals surface area contributed by atoms with E-state index in [1.807, 2.05) is 0 Å². The van der Waals surface area contributed by atoms with Gasteiger partial charge in [0.2, 0.25) is 0 Å². The Hall–Kier alpha value is 0.370. The molecule has 0 saturated heterocycles. The highest BCUT2D eigenvalue weighted by molar-refractivity contribution is 7.51. The van der Waals surface area contributed by atoms with Crippen LogP contribution in [0.2, 0.25) is 0 Å². The van der Waals surface area contributed by atoms with Gasteiger partial charge in [-0.25, -0.2) is 4.39 Å². The van der Waals surface area contributed by atoms with Crippen molar-refractivity contribution in [3.63, 3.8) is 0 Å². The van der Waals surface area contributed by atoms with Crippen LogP contribution in [0.25, 0.3) is 0 Å². The van der Waals surface area contributed by atoms with Gasteiger partial charge in [0.1, 0.15) is 0 Å². The quantitative estimate of drug-likeness (QED) is 0.366. The standard InChI is InChI=1S/CH3ClFO3P/c2-1(3)7(4,5)6/h1H,(H2,4,5,6)/p-2. The Morgan fingerprint density at radius 2 is 1.86 bits per heavy atom. The monoisotopic (exact) mass is 146 g/mol. The molecule has 6 heteroatoms. The zero-order chi connectivity index (χ0) is 6.08. The second-order valence-electron chi connectivity index (χ2n) is 0.817. The summed E-state index contributed by atoms with van der Waals surface area (Å²) in [4.78, 5) is 18.6. The van der Waals surface area contributed by atoms with Gasteiger partial charge in [-0.1, -0.05) is 11.6 Å². The summed E-state index contributed by atoms with van der Waals surface area (Å²) in [5.41, 5.74) is 0. The summed E-state index contributed by atoms with van der Waals surface area (Å²) in [6, 6.07) is 0. The Bertz CT molecular complexity index is 97.1. The summed E-state index contributed by atoms with van der Waals surface area (Å²) in [6.45, 7) is 0. The minimum absolute atomic E-state index is 2.78. The molecular formula is CHClFO3P-2. The van der Waals surface area contributed by atoms with Crippen molar-refractivity contribution in [3.05, 3.63) is 0 Å². The molecule has 0 aromatic heterocycles. The van der Waals surface area contributed by atoms with Gasteiger partial charge in [0, 0.05) is 0 Å². The predicted molar refractivity (Wildman–Crippen MR) is 18.4 cm³/mol. The second-order valence-corrected chi connectivity index (χ2v) is 3.04. The van der Waals surface area contributed by atoms with E-state index in [2.05, 4.69) is 11.6 Å². The van der Waals surface area contributed by atoms with Crippen LogP contribution in [0.5, 0.6) is 0 Å². The average Bonchev–Trinajstić information content (AvgIpc) is 1.31. The van der Waals surface area contributed by atoms with Crippen molar-refractivity contribution in [2.24, 2.45) is 0 Å². The van der Waals surface area contributed by atoms with Crippen molar-refractivity contribution in [1.29, 1.82) is 0 Å². The summed E-state index contributed by atoms with van der Waals surface area (Å²) < 4.78 is 20.4. The molecule has 44 valence electrons. The van der Waals surface area contributed by atoms with Crippen LogP contribution in [0.4, 0.5) is 4.39 Å². The predicted octanol–water partition coefficient (Wildman–Crippen LogP) is -0.608. The van der Waals surface area contributed by atoms with E-state index >= 15 is 0 Å². The highest BCUT2D eigenvalue weighted by Gasteiger charge is 2.02. The third-order valence-electron chi connectivity index (χ3n) is 0.239. The number of rotatable bonds is 1. The smallest absolute Gasteiger partial charge is 0.198 e. The van der Waals surface area contributed by atoms with Crippen molar-refractivity contribution >= 4 is 19.2 Å². The molecule has 0 spiro atoms. The van der Waals surface area contributed by atoms with Crippen LogP contribution in [0.15, 0.2) is 0 Å². The molecule has 0 heterocycles. The molecule has 0 aliphatic heterocycles. The molecule has 0 aromatic rings. The summed E-state index contributed by atoms with van der Waals surface area (Å²) in [5, 5.41) is -2.78. The molecule has 0 amide bonds. The van der Waals surface area contributed by atoms with E-state index in [0.717, 1.165) is 0 Å². The summed E-state index contributed by atoms with van der Waals surface area (Å²) >= 11 is 4.20. The molecule has 0 fully saturated rings. The van der Waals surface area contributed by atoms with E-state index in [-0.39, 0.29) is 0 Å². The van der Waals surface area contributed by atoms with E-state index in [9.17, 15) is 18.7 Å². The summed E-state index contributed by atoms with van der Waals surface area (Å²) in [6.07, 6.45) is 0. The first-order valence-corrected chi connectivity index (χ1v) is 3.29. The first-order chi connectivity index (χ1) is 2.94. The van der Waals surface area contributed by atoms with Crippen molar-refractivity contribution in [3.8, 4) is 0 Å².